The highest BCUT2D eigenvalue weighted by Gasteiger charge is 2.27. The number of carbonyl (C=O) groups is 1. The van der Waals surface area contributed by atoms with Crippen molar-refractivity contribution in [2.24, 2.45) is 0 Å². The lowest BCUT2D eigenvalue weighted by Crippen LogP contribution is -2.52. The molecule has 32 heavy (non-hydrogen) atoms. The minimum Gasteiger partial charge on any atom is -0.370 e. The molecule has 2 aliphatic heterocycles. The maximum absolute atomic E-state index is 12.7. The molecule has 8 heteroatoms. The number of benzene rings is 1. The molecule has 1 atom stereocenters. The van der Waals surface area contributed by atoms with E-state index in [0.29, 0.717) is 26.2 Å². The van der Waals surface area contributed by atoms with Crippen molar-refractivity contribution in [3.63, 3.8) is 0 Å². The fourth-order valence-electron chi connectivity index (χ4n) is 4.35. The number of hydrogen-bond donors (Lipinski definition) is 1. The summed E-state index contributed by atoms with van der Waals surface area (Å²) in [6, 6.07) is 14.3. The average molecular weight is 433 g/mol. The average Bonchev–Trinajstić information content (AvgIpc) is 3.27. The molecule has 3 aromatic rings. The lowest BCUT2D eigenvalue weighted by Gasteiger charge is -2.36. The highest BCUT2D eigenvalue weighted by molar-refractivity contribution is 5.74. The number of urea groups is 1. The summed E-state index contributed by atoms with van der Waals surface area (Å²) in [5.41, 5.74) is 4.51. The quantitative estimate of drug-likeness (QED) is 0.670. The van der Waals surface area contributed by atoms with Crippen molar-refractivity contribution in [1.82, 2.24) is 25.0 Å². The zero-order chi connectivity index (χ0) is 21.8. The first-order valence-electron chi connectivity index (χ1n) is 11.2. The molecule has 2 aromatic heterocycles. The van der Waals surface area contributed by atoms with Crippen LogP contribution in [0.2, 0.25) is 0 Å². The molecule has 1 aromatic carbocycles. The second kappa shape index (κ2) is 9.40. The number of anilines is 1. The van der Waals surface area contributed by atoms with Gasteiger partial charge in [-0.05, 0) is 29.7 Å². The van der Waals surface area contributed by atoms with Crippen molar-refractivity contribution in [3.05, 3.63) is 77.9 Å². The van der Waals surface area contributed by atoms with Crippen LogP contribution in [-0.4, -0.2) is 65.0 Å². The van der Waals surface area contributed by atoms with Gasteiger partial charge in [0, 0.05) is 50.5 Å². The van der Waals surface area contributed by atoms with Crippen molar-refractivity contribution < 1.29 is 9.53 Å². The fraction of sp³-hybridized carbons (Fsp3) is 0.375. The lowest BCUT2D eigenvalue weighted by molar-refractivity contribution is 0.0401. The Kier molecular flexibility index (Phi) is 6.02. The van der Waals surface area contributed by atoms with Crippen LogP contribution in [-0.2, 0) is 17.7 Å². The maximum atomic E-state index is 12.7. The molecule has 1 fully saturated rings. The Labute approximate surface area is 187 Å². The predicted molar refractivity (Wildman–Crippen MR) is 122 cm³/mol. The first-order chi connectivity index (χ1) is 15.8. The second-order valence-electron chi connectivity index (χ2n) is 8.20. The van der Waals surface area contributed by atoms with Crippen LogP contribution in [0, 0.1) is 0 Å². The first kappa shape index (κ1) is 20.5. The molecule has 0 unspecified atom stereocenters. The van der Waals surface area contributed by atoms with Crippen molar-refractivity contribution in [2.45, 2.75) is 19.1 Å². The number of nitrogens with zero attached hydrogens (tertiary/aromatic N) is 5. The number of hydrogen-bond acceptors (Lipinski definition) is 5. The molecule has 5 rings (SSSR count). The molecule has 0 aliphatic carbocycles. The van der Waals surface area contributed by atoms with E-state index in [4.69, 9.17) is 9.84 Å². The van der Waals surface area contributed by atoms with Gasteiger partial charge in [-0.25, -0.2) is 4.79 Å². The van der Waals surface area contributed by atoms with Gasteiger partial charge in [0.15, 0.2) is 0 Å². The minimum atomic E-state index is -0.210. The molecule has 0 bridgehead atoms. The number of rotatable bonds is 5. The summed E-state index contributed by atoms with van der Waals surface area (Å²) in [5, 5.41) is 7.84. The van der Waals surface area contributed by atoms with Crippen molar-refractivity contribution in [2.75, 3.05) is 44.2 Å². The Morgan fingerprint density at radius 1 is 1.06 bits per heavy atom. The third-order valence-corrected chi connectivity index (χ3v) is 6.09. The van der Waals surface area contributed by atoms with Crippen LogP contribution >= 0.6 is 0 Å². The summed E-state index contributed by atoms with van der Waals surface area (Å²) >= 11 is 0. The van der Waals surface area contributed by atoms with Gasteiger partial charge in [-0.15, -0.1) is 0 Å². The van der Waals surface area contributed by atoms with Gasteiger partial charge in [-0.3, -0.25) is 9.67 Å². The second-order valence-corrected chi connectivity index (χ2v) is 8.20. The molecule has 2 aliphatic rings. The monoisotopic (exact) mass is 432 g/mol. The first-order valence-corrected chi connectivity index (χ1v) is 11.2. The van der Waals surface area contributed by atoms with E-state index in [0.717, 1.165) is 37.4 Å². The van der Waals surface area contributed by atoms with E-state index < -0.39 is 0 Å². The zero-order valence-corrected chi connectivity index (χ0v) is 18.1. The van der Waals surface area contributed by atoms with E-state index in [1.807, 2.05) is 39.9 Å². The number of piperazine rings is 1. The highest BCUT2D eigenvalue weighted by Crippen LogP contribution is 2.25. The predicted octanol–water partition coefficient (Wildman–Crippen LogP) is 2.47. The molecular formula is C24H28N6O2. The standard InChI is InChI=1S/C24H28N6O2/c31-24(29-13-11-28(12-14-29)21-6-9-25-10-7-21)26-16-22-23-20(8-15-32-22)18-30(27-23)17-19-4-2-1-3-5-19/h1-7,9-10,18,22H,8,11-17H2,(H,26,31)/t22-/m1/s1. The van der Waals surface area contributed by atoms with Gasteiger partial charge in [-0.1, -0.05) is 30.3 Å². The number of aromatic nitrogens is 3. The highest BCUT2D eigenvalue weighted by atomic mass is 16.5. The zero-order valence-electron chi connectivity index (χ0n) is 18.1. The number of amides is 2. The van der Waals surface area contributed by atoms with E-state index >= 15 is 0 Å². The Morgan fingerprint density at radius 2 is 1.84 bits per heavy atom. The molecule has 0 radical (unpaired) electrons. The third-order valence-electron chi connectivity index (χ3n) is 6.09. The van der Waals surface area contributed by atoms with E-state index in [-0.39, 0.29) is 12.1 Å². The van der Waals surface area contributed by atoms with Gasteiger partial charge in [0.1, 0.15) is 6.10 Å². The Bertz CT molecular complexity index is 1030. The van der Waals surface area contributed by atoms with Crippen LogP contribution in [0.4, 0.5) is 10.5 Å². The summed E-state index contributed by atoms with van der Waals surface area (Å²) in [4.78, 5) is 21.0. The number of carbonyl (C=O) groups excluding carboxylic acids is 1. The van der Waals surface area contributed by atoms with Gasteiger partial charge < -0.3 is 19.9 Å². The van der Waals surface area contributed by atoms with E-state index in [1.54, 1.807) is 12.4 Å². The Morgan fingerprint density at radius 3 is 2.62 bits per heavy atom. The minimum absolute atomic E-state index is 0.0428. The molecule has 1 N–H and O–H groups in total. The van der Waals surface area contributed by atoms with Crippen molar-refractivity contribution in [1.29, 1.82) is 0 Å². The van der Waals surface area contributed by atoms with Gasteiger partial charge in [0.25, 0.3) is 0 Å². The summed E-state index contributed by atoms with van der Waals surface area (Å²) in [6.45, 7) is 4.81. The van der Waals surface area contributed by atoms with E-state index in [9.17, 15) is 4.79 Å². The summed E-state index contributed by atoms with van der Waals surface area (Å²) < 4.78 is 7.93. The molecule has 2 amide bonds. The number of pyridine rings is 1. The van der Waals surface area contributed by atoms with Crippen LogP contribution < -0.4 is 10.2 Å². The molecule has 1 saturated heterocycles. The van der Waals surface area contributed by atoms with E-state index in [2.05, 4.69) is 33.5 Å². The van der Waals surface area contributed by atoms with Crippen LogP contribution in [0.3, 0.4) is 0 Å². The Hall–Kier alpha value is -3.39. The molecule has 166 valence electrons. The molecule has 0 spiro atoms. The molecule has 0 saturated carbocycles. The number of fused-ring (bicyclic) bond motifs is 1. The van der Waals surface area contributed by atoms with Gasteiger partial charge in [0.05, 0.1) is 25.4 Å². The van der Waals surface area contributed by atoms with Crippen LogP contribution in [0.25, 0.3) is 0 Å². The largest absolute Gasteiger partial charge is 0.370 e. The topological polar surface area (TPSA) is 75.5 Å². The van der Waals surface area contributed by atoms with Crippen LogP contribution in [0.1, 0.15) is 22.9 Å². The summed E-state index contributed by atoms with van der Waals surface area (Å²) in [7, 11) is 0. The lowest BCUT2D eigenvalue weighted by atomic mass is 10.1. The van der Waals surface area contributed by atoms with Crippen LogP contribution in [0.5, 0.6) is 0 Å². The van der Waals surface area contributed by atoms with Crippen molar-refractivity contribution >= 4 is 11.7 Å². The molecule has 8 nitrogen and oxygen atoms in total. The number of nitrogens with one attached hydrogen (secondary N) is 1. The maximum Gasteiger partial charge on any atom is 0.317 e. The third kappa shape index (κ3) is 4.60. The normalized spacial score (nSPS) is 18.3. The summed E-state index contributed by atoms with van der Waals surface area (Å²) in [6.07, 6.45) is 6.35. The fourth-order valence-corrected chi connectivity index (χ4v) is 4.35. The van der Waals surface area contributed by atoms with Gasteiger partial charge in [0.2, 0.25) is 0 Å². The van der Waals surface area contributed by atoms with Gasteiger partial charge >= 0.3 is 6.03 Å². The van der Waals surface area contributed by atoms with E-state index in [1.165, 1.54) is 11.1 Å². The van der Waals surface area contributed by atoms with Crippen molar-refractivity contribution in [3.8, 4) is 0 Å². The number of ether oxygens (including phenoxy) is 1. The summed E-state index contributed by atoms with van der Waals surface area (Å²) in [5.74, 6) is 0. The van der Waals surface area contributed by atoms with Gasteiger partial charge in [-0.2, -0.15) is 5.10 Å². The molecule has 4 heterocycles. The van der Waals surface area contributed by atoms with Crippen LogP contribution in [0.15, 0.2) is 61.1 Å². The Balaban J connectivity index is 1.15. The SMILES string of the molecule is O=C(NC[C@H]1OCCc2cn(Cc3ccccc3)nc21)N1CCN(c2ccncc2)CC1. The molecular weight excluding hydrogens is 404 g/mol. The smallest absolute Gasteiger partial charge is 0.317 e.